The highest BCUT2D eigenvalue weighted by Crippen LogP contribution is 2.32. The number of aromatic nitrogens is 1. The lowest BCUT2D eigenvalue weighted by molar-refractivity contribution is 0.0225. The number of fused-ring (bicyclic) bond motifs is 2. The van der Waals surface area contributed by atoms with Crippen LogP contribution in [0.25, 0.3) is 0 Å². The van der Waals surface area contributed by atoms with Crippen LogP contribution in [-0.4, -0.2) is 39.8 Å². The van der Waals surface area contributed by atoms with Crippen molar-refractivity contribution in [2.75, 3.05) is 11.9 Å². The third kappa shape index (κ3) is 3.98. The Labute approximate surface area is 178 Å². The maximum absolute atomic E-state index is 12.8. The van der Waals surface area contributed by atoms with Crippen molar-refractivity contribution in [1.82, 2.24) is 9.88 Å². The fourth-order valence-electron chi connectivity index (χ4n) is 3.75. The van der Waals surface area contributed by atoms with Crippen molar-refractivity contribution in [1.29, 1.82) is 0 Å². The zero-order valence-corrected chi connectivity index (χ0v) is 18.4. The normalized spacial score (nSPS) is 16.1. The molecule has 8 nitrogen and oxygen atoms in total. The van der Waals surface area contributed by atoms with Gasteiger partial charge in [0, 0.05) is 36.2 Å². The molecule has 0 bridgehead atoms. The summed E-state index contributed by atoms with van der Waals surface area (Å²) >= 11 is 1.34. The van der Waals surface area contributed by atoms with E-state index in [-0.39, 0.29) is 17.6 Å². The number of nitrogens with zero attached hydrogens (tertiary/aromatic N) is 2. The highest BCUT2D eigenvalue weighted by molar-refractivity contribution is 7.15. The topological polar surface area (TPSA) is 102 Å². The van der Waals surface area contributed by atoms with Gasteiger partial charge in [0.2, 0.25) is 0 Å². The highest BCUT2D eigenvalue weighted by Gasteiger charge is 2.31. The zero-order chi connectivity index (χ0) is 21.6. The van der Waals surface area contributed by atoms with E-state index < -0.39 is 11.5 Å². The van der Waals surface area contributed by atoms with Crippen molar-refractivity contribution in [3.63, 3.8) is 0 Å². The second-order valence-corrected chi connectivity index (χ2v) is 9.71. The molecule has 1 aliphatic carbocycles. The van der Waals surface area contributed by atoms with Crippen LogP contribution in [0.3, 0.4) is 0 Å². The van der Waals surface area contributed by atoms with Gasteiger partial charge in [0.1, 0.15) is 11.4 Å². The number of rotatable bonds is 2. The Morgan fingerprint density at radius 2 is 2.00 bits per heavy atom. The summed E-state index contributed by atoms with van der Waals surface area (Å²) in [7, 11) is 0. The monoisotopic (exact) mass is 431 g/mol. The molecule has 30 heavy (non-hydrogen) atoms. The number of anilines is 1. The first-order chi connectivity index (χ1) is 14.1. The number of carbonyl (C=O) groups excluding carboxylic acids is 3. The number of ketones is 1. The van der Waals surface area contributed by atoms with Crippen LogP contribution in [0, 0.1) is 6.92 Å². The fraction of sp³-hybridized carbons (Fsp3) is 0.524. The Balaban J connectivity index is 1.47. The van der Waals surface area contributed by atoms with Crippen molar-refractivity contribution >= 4 is 34.3 Å². The van der Waals surface area contributed by atoms with E-state index >= 15 is 0 Å². The Morgan fingerprint density at radius 1 is 1.23 bits per heavy atom. The number of Topliss-reactive ketones (excluding diaryl/α,β-unsaturated/α-hetero) is 1. The molecule has 2 amide bonds. The molecule has 2 aliphatic rings. The van der Waals surface area contributed by atoms with Crippen molar-refractivity contribution in [2.24, 2.45) is 0 Å². The maximum Gasteiger partial charge on any atom is 0.410 e. The number of nitrogens with one attached hydrogen (secondary N) is 1. The standard InChI is InChI=1S/C21H25N3O5S/c1-11-16-13(25)6-5-7-14(16)28-17(11)18(26)23-19-22-12-8-9-24(10-15(12)30-19)20(27)29-21(2,3)4/h5-10H2,1-4H3,(H,22,23,26). The second-order valence-electron chi connectivity index (χ2n) is 8.63. The largest absolute Gasteiger partial charge is 0.455 e. The van der Waals surface area contributed by atoms with Crippen LogP contribution >= 0.6 is 11.3 Å². The van der Waals surface area contributed by atoms with Gasteiger partial charge in [-0.25, -0.2) is 9.78 Å². The molecule has 2 aromatic heterocycles. The highest BCUT2D eigenvalue weighted by atomic mass is 32.1. The summed E-state index contributed by atoms with van der Waals surface area (Å²) in [4.78, 5) is 44.3. The summed E-state index contributed by atoms with van der Waals surface area (Å²) < 4.78 is 11.2. The van der Waals surface area contributed by atoms with Gasteiger partial charge in [-0.05, 0) is 34.1 Å². The van der Waals surface area contributed by atoms with E-state index in [1.54, 1.807) is 11.8 Å². The molecule has 0 aromatic carbocycles. The van der Waals surface area contributed by atoms with Crippen molar-refractivity contribution in [3.05, 3.63) is 33.2 Å². The summed E-state index contributed by atoms with van der Waals surface area (Å²) in [6.07, 6.45) is 2.15. The maximum atomic E-state index is 12.8. The van der Waals surface area contributed by atoms with Crippen LogP contribution in [0.1, 0.15) is 76.4 Å². The number of furan rings is 1. The average Bonchev–Trinajstić information content (AvgIpc) is 3.20. The summed E-state index contributed by atoms with van der Waals surface area (Å²) in [6.45, 7) is 8.17. The molecular formula is C21H25N3O5S. The third-order valence-electron chi connectivity index (χ3n) is 5.12. The minimum Gasteiger partial charge on any atom is -0.455 e. The second kappa shape index (κ2) is 7.54. The quantitative estimate of drug-likeness (QED) is 0.768. The summed E-state index contributed by atoms with van der Waals surface area (Å²) in [6, 6.07) is 0. The lowest BCUT2D eigenvalue weighted by Crippen LogP contribution is -2.39. The summed E-state index contributed by atoms with van der Waals surface area (Å²) in [5.74, 6) is 0.382. The molecule has 1 N–H and O–H groups in total. The van der Waals surface area contributed by atoms with Gasteiger partial charge in [0.05, 0.1) is 17.8 Å². The molecule has 0 fully saturated rings. The first-order valence-electron chi connectivity index (χ1n) is 10.1. The molecule has 0 saturated heterocycles. The van der Waals surface area contributed by atoms with E-state index in [0.29, 0.717) is 54.4 Å². The van der Waals surface area contributed by atoms with Crippen LogP contribution < -0.4 is 5.32 Å². The molecular weight excluding hydrogens is 406 g/mol. The number of carbonyl (C=O) groups is 3. The first-order valence-corrected chi connectivity index (χ1v) is 10.9. The van der Waals surface area contributed by atoms with Crippen LogP contribution in [0.4, 0.5) is 9.93 Å². The molecule has 0 saturated carbocycles. The number of thiazole rings is 1. The zero-order valence-electron chi connectivity index (χ0n) is 17.6. The minimum atomic E-state index is -0.550. The predicted molar refractivity (Wildman–Crippen MR) is 111 cm³/mol. The average molecular weight is 432 g/mol. The van der Waals surface area contributed by atoms with E-state index in [4.69, 9.17) is 9.15 Å². The third-order valence-corrected chi connectivity index (χ3v) is 6.11. The molecule has 3 heterocycles. The molecule has 9 heteroatoms. The Hall–Kier alpha value is -2.68. The molecule has 2 aromatic rings. The summed E-state index contributed by atoms with van der Waals surface area (Å²) in [5, 5.41) is 3.25. The number of aryl methyl sites for hydroxylation is 1. The number of hydrogen-bond acceptors (Lipinski definition) is 7. The van der Waals surface area contributed by atoms with Gasteiger partial charge < -0.3 is 14.1 Å². The van der Waals surface area contributed by atoms with Crippen LogP contribution in [0.15, 0.2) is 4.42 Å². The van der Waals surface area contributed by atoms with Crippen LogP contribution in [-0.2, 0) is 24.1 Å². The van der Waals surface area contributed by atoms with Crippen molar-refractivity contribution in [2.45, 2.75) is 65.5 Å². The van der Waals surface area contributed by atoms with E-state index in [2.05, 4.69) is 10.3 Å². The van der Waals surface area contributed by atoms with Gasteiger partial charge in [-0.3, -0.25) is 14.9 Å². The van der Waals surface area contributed by atoms with Crippen LogP contribution in [0.5, 0.6) is 0 Å². The molecule has 0 radical (unpaired) electrons. The first kappa shape index (κ1) is 20.6. The molecule has 0 unspecified atom stereocenters. The van der Waals surface area contributed by atoms with Gasteiger partial charge in [0.25, 0.3) is 5.91 Å². The summed E-state index contributed by atoms with van der Waals surface area (Å²) in [5.41, 5.74) is 1.47. The van der Waals surface area contributed by atoms with E-state index in [0.717, 1.165) is 17.0 Å². The SMILES string of the molecule is Cc1c(C(=O)Nc2nc3c(s2)CN(C(=O)OC(C)(C)C)CC3)oc2c1C(=O)CCC2. The van der Waals surface area contributed by atoms with E-state index in [9.17, 15) is 14.4 Å². The number of ether oxygens (including phenoxy) is 1. The smallest absolute Gasteiger partial charge is 0.410 e. The molecule has 4 rings (SSSR count). The predicted octanol–water partition coefficient (Wildman–Crippen LogP) is 4.11. The molecule has 1 aliphatic heterocycles. The molecule has 160 valence electrons. The Morgan fingerprint density at radius 3 is 2.70 bits per heavy atom. The van der Waals surface area contributed by atoms with E-state index in [1.807, 2.05) is 20.8 Å². The van der Waals surface area contributed by atoms with Crippen LogP contribution in [0.2, 0.25) is 0 Å². The minimum absolute atomic E-state index is 0.0310. The van der Waals surface area contributed by atoms with Gasteiger partial charge in [-0.15, -0.1) is 0 Å². The van der Waals surface area contributed by atoms with Gasteiger partial charge in [-0.1, -0.05) is 11.3 Å². The fourth-order valence-corrected chi connectivity index (χ4v) is 4.77. The Bertz CT molecular complexity index is 1030. The lowest BCUT2D eigenvalue weighted by Gasteiger charge is -2.29. The molecule has 0 spiro atoms. The van der Waals surface area contributed by atoms with Crippen molar-refractivity contribution < 1.29 is 23.5 Å². The van der Waals surface area contributed by atoms with E-state index in [1.165, 1.54) is 11.3 Å². The van der Waals surface area contributed by atoms with Gasteiger partial charge in [0.15, 0.2) is 16.7 Å². The lowest BCUT2D eigenvalue weighted by atomic mass is 9.94. The number of amides is 2. The van der Waals surface area contributed by atoms with Gasteiger partial charge in [-0.2, -0.15) is 0 Å². The van der Waals surface area contributed by atoms with Gasteiger partial charge >= 0.3 is 6.09 Å². The van der Waals surface area contributed by atoms with Crippen molar-refractivity contribution in [3.8, 4) is 0 Å². The Kier molecular flexibility index (Phi) is 5.17. The molecule has 0 atom stereocenters. The number of hydrogen-bond donors (Lipinski definition) is 1.